The van der Waals surface area contributed by atoms with Crippen LogP contribution in [0.5, 0.6) is 0 Å². The summed E-state index contributed by atoms with van der Waals surface area (Å²) in [5.41, 5.74) is 3.06. The van der Waals surface area contributed by atoms with E-state index in [1.165, 1.54) is 12.3 Å². The summed E-state index contributed by atoms with van der Waals surface area (Å²) < 4.78 is 17.6. The summed E-state index contributed by atoms with van der Waals surface area (Å²) in [5.74, 6) is 0.990. The normalized spacial score (nSPS) is 11.0. The molecular weight excluding hydrogens is 343 g/mol. The van der Waals surface area contributed by atoms with Crippen LogP contribution in [0.2, 0.25) is 0 Å². The molecule has 7 heteroatoms. The van der Waals surface area contributed by atoms with E-state index >= 15 is 0 Å². The first kappa shape index (κ1) is 16.9. The predicted molar refractivity (Wildman–Crippen MR) is 99.3 cm³/mol. The second-order valence-electron chi connectivity index (χ2n) is 6.24. The zero-order valence-electron chi connectivity index (χ0n) is 14.8. The lowest BCUT2D eigenvalue weighted by molar-refractivity contribution is 0.583. The maximum atomic E-state index is 13.5. The Labute approximate surface area is 155 Å². The highest BCUT2D eigenvalue weighted by Gasteiger charge is 2.14. The molecule has 0 fully saturated rings. The summed E-state index contributed by atoms with van der Waals surface area (Å²) in [6.45, 7) is 3.43. The molecule has 4 rings (SSSR count). The quantitative estimate of drug-likeness (QED) is 0.508. The van der Waals surface area contributed by atoms with Crippen LogP contribution in [-0.4, -0.2) is 24.1 Å². The number of rotatable bonds is 5. The average Bonchev–Trinajstić information content (AvgIpc) is 3.27. The average molecular weight is 360 g/mol. The molecule has 0 saturated carbocycles. The van der Waals surface area contributed by atoms with Gasteiger partial charge < -0.3 is 9.13 Å². The molecule has 0 radical (unpaired) electrons. The van der Waals surface area contributed by atoms with Crippen LogP contribution >= 0.6 is 0 Å². The van der Waals surface area contributed by atoms with Crippen LogP contribution in [0.1, 0.15) is 24.7 Å². The van der Waals surface area contributed by atoms with Crippen molar-refractivity contribution >= 4 is 11.0 Å². The number of halogens is 1. The van der Waals surface area contributed by atoms with Crippen molar-refractivity contribution in [1.29, 1.82) is 5.26 Å². The summed E-state index contributed by atoms with van der Waals surface area (Å²) in [5, 5.41) is 9.14. The first-order chi connectivity index (χ1) is 13.2. The van der Waals surface area contributed by atoms with Gasteiger partial charge in [-0.25, -0.2) is 15.0 Å². The van der Waals surface area contributed by atoms with E-state index in [1.807, 2.05) is 22.9 Å². The van der Waals surface area contributed by atoms with Crippen LogP contribution in [0.25, 0.3) is 22.4 Å². The summed E-state index contributed by atoms with van der Waals surface area (Å²) >= 11 is 0. The van der Waals surface area contributed by atoms with Crippen molar-refractivity contribution in [3.63, 3.8) is 0 Å². The number of pyridine rings is 1. The third kappa shape index (κ3) is 3.17. The van der Waals surface area contributed by atoms with E-state index in [9.17, 15) is 4.39 Å². The summed E-state index contributed by atoms with van der Waals surface area (Å²) in [7, 11) is 0. The Morgan fingerprint density at radius 1 is 1.15 bits per heavy atom. The van der Waals surface area contributed by atoms with E-state index in [2.05, 4.69) is 27.5 Å². The Morgan fingerprint density at radius 2 is 2.04 bits per heavy atom. The SMILES string of the molecule is CCCn1c(Cn2ccnc2-c2ccnc(F)c2)nc2cc(C#N)ccc21. The third-order valence-corrected chi connectivity index (χ3v) is 4.42. The second kappa shape index (κ2) is 7.00. The van der Waals surface area contributed by atoms with Gasteiger partial charge in [-0.15, -0.1) is 0 Å². The third-order valence-electron chi connectivity index (χ3n) is 4.42. The molecule has 0 spiro atoms. The number of aromatic nitrogens is 5. The molecule has 0 N–H and O–H groups in total. The van der Waals surface area contributed by atoms with E-state index in [4.69, 9.17) is 10.2 Å². The smallest absolute Gasteiger partial charge is 0.213 e. The lowest BCUT2D eigenvalue weighted by atomic mass is 10.2. The van der Waals surface area contributed by atoms with Gasteiger partial charge in [-0.05, 0) is 30.7 Å². The topological polar surface area (TPSA) is 72.3 Å². The number of benzene rings is 1. The standard InChI is InChI=1S/C20H17FN6/c1-2-8-27-17-4-3-14(12-22)10-16(17)25-19(27)13-26-9-7-24-20(26)15-5-6-23-18(21)11-15/h3-7,9-11H,2,8,13H2,1H3. The molecule has 0 saturated heterocycles. The zero-order chi connectivity index (χ0) is 18.8. The maximum absolute atomic E-state index is 13.5. The number of hydrogen-bond donors (Lipinski definition) is 0. The van der Waals surface area contributed by atoms with Gasteiger partial charge in [-0.1, -0.05) is 6.92 Å². The molecular formula is C20H17FN6. The number of aryl methyl sites for hydroxylation is 1. The molecule has 3 aromatic heterocycles. The van der Waals surface area contributed by atoms with E-state index in [0.29, 0.717) is 23.5 Å². The fraction of sp³-hybridized carbons (Fsp3) is 0.200. The molecule has 0 atom stereocenters. The number of fused-ring (bicyclic) bond motifs is 1. The van der Waals surface area contributed by atoms with E-state index < -0.39 is 5.95 Å². The summed E-state index contributed by atoms with van der Waals surface area (Å²) in [6, 6.07) is 10.8. The Morgan fingerprint density at radius 3 is 2.81 bits per heavy atom. The van der Waals surface area contributed by atoms with Crippen molar-refractivity contribution < 1.29 is 4.39 Å². The molecule has 0 aliphatic carbocycles. The Balaban J connectivity index is 1.77. The molecule has 0 unspecified atom stereocenters. The van der Waals surface area contributed by atoms with Gasteiger partial charge in [0.15, 0.2) is 0 Å². The molecule has 0 amide bonds. The van der Waals surface area contributed by atoms with Gasteiger partial charge in [0.2, 0.25) is 5.95 Å². The van der Waals surface area contributed by atoms with E-state index in [1.54, 1.807) is 18.3 Å². The van der Waals surface area contributed by atoms with Crippen molar-refractivity contribution in [1.82, 2.24) is 24.1 Å². The van der Waals surface area contributed by atoms with Crippen LogP contribution in [0, 0.1) is 17.3 Å². The molecule has 3 heterocycles. The van der Waals surface area contributed by atoms with Gasteiger partial charge in [-0.3, -0.25) is 0 Å². The van der Waals surface area contributed by atoms with Gasteiger partial charge in [-0.2, -0.15) is 9.65 Å². The largest absolute Gasteiger partial charge is 0.326 e. The van der Waals surface area contributed by atoms with Gasteiger partial charge in [0.05, 0.1) is 29.2 Å². The summed E-state index contributed by atoms with van der Waals surface area (Å²) in [6.07, 6.45) is 5.93. The molecule has 0 bridgehead atoms. The number of hydrogen-bond acceptors (Lipinski definition) is 4. The first-order valence-electron chi connectivity index (χ1n) is 8.72. The molecule has 0 aliphatic rings. The van der Waals surface area contributed by atoms with Crippen LogP contribution in [0.4, 0.5) is 4.39 Å². The van der Waals surface area contributed by atoms with E-state index in [-0.39, 0.29) is 0 Å². The van der Waals surface area contributed by atoms with Crippen LogP contribution in [-0.2, 0) is 13.1 Å². The first-order valence-corrected chi connectivity index (χ1v) is 8.72. The lowest BCUT2D eigenvalue weighted by Crippen LogP contribution is -2.09. The molecule has 134 valence electrons. The van der Waals surface area contributed by atoms with Crippen molar-refractivity contribution in [2.45, 2.75) is 26.4 Å². The number of nitriles is 1. The van der Waals surface area contributed by atoms with Crippen molar-refractivity contribution in [3.8, 4) is 17.5 Å². The predicted octanol–water partition coefficient (Wildman–Crippen LogP) is 3.76. The van der Waals surface area contributed by atoms with Crippen LogP contribution < -0.4 is 0 Å². The van der Waals surface area contributed by atoms with Gasteiger partial charge >= 0.3 is 0 Å². The van der Waals surface area contributed by atoms with Gasteiger partial charge in [0, 0.05) is 36.8 Å². The van der Waals surface area contributed by atoms with Gasteiger partial charge in [0.1, 0.15) is 11.6 Å². The highest BCUT2D eigenvalue weighted by Crippen LogP contribution is 2.22. The maximum Gasteiger partial charge on any atom is 0.213 e. The van der Waals surface area contributed by atoms with Crippen molar-refractivity contribution in [3.05, 3.63) is 66.3 Å². The minimum Gasteiger partial charge on any atom is -0.326 e. The Hall–Kier alpha value is -3.53. The zero-order valence-corrected chi connectivity index (χ0v) is 14.8. The van der Waals surface area contributed by atoms with Crippen LogP contribution in [0.3, 0.4) is 0 Å². The fourth-order valence-electron chi connectivity index (χ4n) is 3.23. The highest BCUT2D eigenvalue weighted by atomic mass is 19.1. The van der Waals surface area contributed by atoms with Gasteiger partial charge in [0.25, 0.3) is 0 Å². The highest BCUT2D eigenvalue weighted by molar-refractivity contribution is 5.77. The molecule has 27 heavy (non-hydrogen) atoms. The molecule has 4 aromatic rings. The van der Waals surface area contributed by atoms with Crippen LogP contribution in [0.15, 0.2) is 48.9 Å². The monoisotopic (exact) mass is 360 g/mol. The summed E-state index contributed by atoms with van der Waals surface area (Å²) in [4.78, 5) is 12.7. The minimum absolute atomic E-state index is 0.496. The minimum atomic E-state index is -0.538. The molecule has 1 aromatic carbocycles. The Kier molecular flexibility index (Phi) is 4.38. The number of nitrogens with zero attached hydrogens (tertiary/aromatic N) is 6. The molecule has 0 aliphatic heterocycles. The van der Waals surface area contributed by atoms with Crippen molar-refractivity contribution in [2.75, 3.05) is 0 Å². The Bertz CT molecular complexity index is 1150. The second-order valence-corrected chi connectivity index (χ2v) is 6.24. The fourth-order valence-corrected chi connectivity index (χ4v) is 3.23. The van der Waals surface area contributed by atoms with E-state index in [0.717, 1.165) is 29.8 Å². The molecule has 6 nitrogen and oxygen atoms in total. The van der Waals surface area contributed by atoms with Crippen molar-refractivity contribution in [2.24, 2.45) is 0 Å². The number of imidazole rings is 2. The lowest BCUT2D eigenvalue weighted by Gasteiger charge is -2.11.